The molecule has 8 heteroatoms. The molecule has 3 rings (SSSR count). The summed E-state index contributed by atoms with van der Waals surface area (Å²) >= 11 is 0. The van der Waals surface area contributed by atoms with Crippen molar-refractivity contribution < 1.29 is 8.42 Å². The van der Waals surface area contributed by atoms with E-state index < -0.39 is 9.84 Å². The Hall–Kier alpha value is -0.0900. The highest BCUT2D eigenvalue weighted by Crippen LogP contribution is 2.44. The Bertz CT molecular complexity index is 599. The van der Waals surface area contributed by atoms with Crippen LogP contribution in [-0.4, -0.2) is 69.5 Å². The van der Waals surface area contributed by atoms with Crippen LogP contribution in [0.5, 0.6) is 0 Å². The summed E-state index contributed by atoms with van der Waals surface area (Å²) in [6.07, 6.45) is 11.8. The SMILES string of the molecule is CCN=C(NC1CCN(CCS(C)(=O)=O)CC1)NC1CC1C1CCCCC1.I. The second kappa shape index (κ2) is 11.3. The lowest BCUT2D eigenvalue weighted by molar-refractivity contribution is 0.216. The Balaban J connectivity index is 0.00000280. The third kappa shape index (κ3) is 7.97. The standard InChI is InChI=1S/C20H38N4O2S.HI/c1-3-21-20(23-19-15-18(19)16-7-5-4-6-8-16)22-17-9-11-24(12-10-17)13-14-27(2,25)26;/h16-19H,3-15H2,1-2H3,(H2,21,22,23);1H. The highest BCUT2D eigenvalue weighted by molar-refractivity contribution is 14.0. The topological polar surface area (TPSA) is 73.8 Å². The van der Waals surface area contributed by atoms with Gasteiger partial charge in [0.2, 0.25) is 0 Å². The van der Waals surface area contributed by atoms with Gasteiger partial charge in [-0.1, -0.05) is 32.1 Å². The van der Waals surface area contributed by atoms with E-state index in [0.29, 0.717) is 18.6 Å². The van der Waals surface area contributed by atoms with Crippen LogP contribution in [0.3, 0.4) is 0 Å². The van der Waals surface area contributed by atoms with Crippen LogP contribution < -0.4 is 10.6 Å². The van der Waals surface area contributed by atoms with Crippen LogP contribution in [-0.2, 0) is 9.84 Å². The largest absolute Gasteiger partial charge is 0.354 e. The molecule has 0 aromatic rings. The molecule has 0 bridgehead atoms. The third-order valence-corrected chi connectivity index (χ3v) is 7.36. The smallest absolute Gasteiger partial charge is 0.191 e. The molecular weight excluding hydrogens is 487 g/mol. The number of guanidine groups is 1. The third-order valence-electron chi connectivity index (χ3n) is 6.44. The summed E-state index contributed by atoms with van der Waals surface area (Å²) in [5.41, 5.74) is 0. The zero-order valence-electron chi connectivity index (χ0n) is 17.5. The molecule has 6 nitrogen and oxygen atoms in total. The zero-order chi connectivity index (χ0) is 19.3. The van der Waals surface area contributed by atoms with Gasteiger partial charge in [-0.3, -0.25) is 4.99 Å². The maximum atomic E-state index is 11.3. The fraction of sp³-hybridized carbons (Fsp3) is 0.950. The van der Waals surface area contributed by atoms with Crippen LogP contribution in [0.2, 0.25) is 0 Å². The molecule has 28 heavy (non-hydrogen) atoms. The highest BCUT2D eigenvalue weighted by Gasteiger charge is 2.43. The quantitative estimate of drug-likeness (QED) is 0.303. The number of aliphatic imine (C=N–C) groups is 1. The molecule has 0 aromatic carbocycles. The lowest BCUT2D eigenvalue weighted by Gasteiger charge is -2.33. The number of piperidine rings is 1. The number of hydrogen-bond donors (Lipinski definition) is 2. The first-order chi connectivity index (χ1) is 12.9. The van der Waals surface area contributed by atoms with Crippen LogP contribution in [0.15, 0.2) is 4.99 Å². The molecule has 3 fully saturated rings. The summed E-state index contributed by atoms with van der Waals surface area (Å²) in [6.45, 7) is 5.46. The van der Waals surface area contributed by atoms with Crippen molar-refractivity contribution in [3.05, 3.63) is 0 Å². The van der Waals surface area contributed by atoms with Gasteiger partial charge in [-0.15, -0.1) is 24.0 Å². The predicted molar refractivity (Wildman–Crippen MR) is 127 cm³/mol. The van der Waals surface area contributed by atoms with Crippen molar-refractivity contribution in [3.63, 3.8) is 0 Å². The van der Waals surface area contributed by atoms with E-state index in [1.807, 2.05) is 0 Å². The highest BCUT2D eigenvalue weighted by atomic mass is 127. The van der Waals surface area contributed by atoms with Gasteiger partial charge in [-0.2, -0.15) is 0 Å². The molecule has 0 spiro atoms. The minimum atomic E-state index is -2.87. The fourth-order valence-corrected chi connectivity index (χ4v) is 5.31. The lowest BCUT2D eigenvalue weighted by atomic mass is 9.85. The normalized spacial score (nSPS) is 27.9. The van der Waals surface area contributed by atoms with Crippen molar-refractivity contribution in [1.29, 1.82) is 0 Å². The average molecular weight is 527 g/mol. The molecule has 2 N–H and O–H groups in total. The first-order valence-corrected chi connectivity index (χ1v) is 13.0. The molecule has 0 amide bonds. The van der Waals surface area contributed by atoms with E-state index >= 15 is 0 Å². The second-order valence-corrected chi connectivity index (χ2v) is 11.0. The van der Waals surface area contributed by atoms with Crippen molar-refractivity contribution in [2.45, 2.75) is 70.4 Å². The van der Waals surface area contributed by atoms with E-state index in [2.05, 4.69) is 27.4 Å². The van der Waals surface area contributed by atoms with Gasteiger partial charge in [0.25, 0.3) is 0 Å². The average Bonchev–Trinajstić information content (AvgIpc) is 3.40. The molecule has 2 atom stereocenters. The molecule has 2 aliphatic carbocycles. The van der Waals surface area contributed by atoms with Crippen molar-refractivity contribution in [2.24, 2.45) is 16.8 Å². The number of rotatable bonds is 7. The van der Waals surface area contributed by atoms with Gasteiger partial charge in [-0.25, -0.2) is 8.42 Å². The molecule has 3 aliphatic rings. The first-order valence-electron chi connectivity index (χ1n) is 10.9. The molecule has 1 aliphatic heterocycles. The fourth-order valence-electron chi connectivity index (χ4n) is 4.72. The Morgan fingerprint density at radius 2 is 1.75 bits per heavy atom. The Labute approximate surface area is 188 Å². The number of nitrogens with zero attached hydrogens (tertiary/aromatic N) is 2. The number of nitrogens with one attached hydrogen (secondary N) is 2. The lowest BCUT2D eigenvalue weighted by Crippen LogP contribution is -2.50. The van der Waals surface area contributed by atoms with E-state index in [0.717, 1.165) is 50.3 Å². The number of halogens is 1. The number of likely N-dealkylation sites (tertiary alicyclic amines) is 1. The number of sulfone groups is 1. The summed E-state index contributed by atoms with van der Waals surface area (Å²) in [4.78, 5) is 6.93. The van der Waals surface area contributed by atoms with E-state index in [9.17, 15) is 8.42 Å². The monoisotopic (exact) mass is 526 g/mol. The molecule has 164 valence electrons. The maximum Gasteiger partial charge on any atom is 0.191 e. The predicted octanol–water partition coefficient (Wildman–Crippen LogP) is 2.64. The number of hydrogen-bond acceptors (Lipinski definition) is 4. The van der Waals surface area contributed by atoms with Gasteiger partial charge in [0, 0.05) is 44.5 Å². The van der Waals surface area contributed by atoms with Gasteiger partial charge in [0.05, 0.1) is 5.75 Å². The summed E-state index contributed by atoms with van der Waals surface area (Å²) in [7, 11) is -2.87. The summed E-state index contributed by atoms with van der Waals surface area (Å²) in [6, 6.07) is 1.05. The first kappa shape index (κ1) is 24.2. The summed E-state index contributed by atoms with van der Waals surface area (Å²) in [5.74, 6) is 3.03. The van der Waals surface area contributed by atoms with Gasteiger partial charge in [-0.05, 0) is 38.0 Å². The van der Waals surface area contributed by atoms with Crippen LogP contribution in [0.4, 0.5) is 0 Å². The van der Waals surface area contributed by atoms with Gasteiger partial charge in [0.15, 0.2) is 5.96 Å². The molecule has 2 unspecified atom stereocenters. The minimum absolute atomic E-state index is 0. The molecule has 0 radical (unpaired) electrons. The van der Waals surface area contributed by atoms with Crippen molar-refractivity contribution in [2.75, 3.05) is 38.2 Å². The van der Waals surface area contributed by atoms with Crippen LogP contribution in [0.25, 0.3) is 0 Å². The van der Waals surface area contributed by atoms with Crippen LogP contribution in [0, 0.1) is 11.8 Å². The van der Waals surface area contributed by atoms with Crippen molar-refractivity contribution in [3.8, 4) is 0 Å². The van der Waals surface area contributed by atoms with Gasteiger partial charge >= 0.3 is 0 Å². The molecule has 0 aromatic heterocycles. The second-order valence-electron chi connectivity index (χ2n) is 8.76. The van der Waals surface area contributed by atoms with E-state index in [1.165, 1.54) is 44.8 Å². The summed E-state index contributed by atoms with van der Waals surface area (Å²) < 4.78 is 22.7. The van der Waals surface area contributed by atoms with Crippen molar-refractivity contribution in [1.82, 2.24) is 15.5 Å². The molecular formula is C20H39IN4O2S. The Morgan fingerprint density at radius 1 is 1.07 bits per heavy atom. The Kier molecular flexibility index (Phi) is 9.80. The Morgan fingerprint density at radius 3 is 2.36 bits per heavy atom. The maximum absolute atomic E-state index is 11.3. The zero-order valence-corrected chi connectivity index (χ0v) is 20.7. The van der Waals surface area contributed by atoms with Crippen molar-refractivity contribution >= 4 is 39.8 Å². The minimum Gasteiger partial charge on any atom is -0.354 e. The van der Waals surface area contributed by atoms with Crippen LogP contribution in [0.1, 0.15) is 58.3 Å². The van der Waals surface area contributed by atoms with Gasteiger partial charge < -0.3 is 15.5 Å². The van der Waals surface area contributed by atoms with Crippen LogP contribution >= 0.6 is 24.0 Å². The summed E-state index contributed by atoms with van der Waals surface area (Å²) in [5, 5.41) is 7.33. The van der Waals surface area contributed by atoms with E-state index in [4.69, 9.17) is 0 Å². The molecule has 2 saturated carbocycles. The van der Waals surface area contributed by atoms with E-state index in [1.54, 1.807) is 0 Å². The molecule has 1 saturated heterocycles. The van der Waals surface area contributed by atoms with Gasteiger partial charge in [0.1, 0.15) is 9.84 Å². The molecule has 1 heterocycles. The van der Waals surface area contributed by atoms with E-state index in [-0.39, 0.29) is 29.7 Å².